The van der Waals surface area contributed by atoms with E-state index in [0.717, 1.165) is 0 Å². The maximum Gasteiger partial charge on any atom is 0.311 e. The molecule has 1 unspecified atom stereocenters. The van der Waals surface area contributed by atoms with Gasteiger partial charge < -0.3 is 9.84 Å². The number of carboxylic acids is 1. The zero-order valence-corrected chi connectivity index (χ0v) is 11.4. The Morgan fingerprint density at radius 2 is 1.78 bits per heavy atom. The van der Waals surface area contributed by atoms with Crippen LogP contribution in [0.5, 0.6) is 0 Å². The van der Waals surface area contributed by atoms with Crippen LogP contribution in [0.4, 0.5) is 0 Å². The standard InChI is InChI=1S/C14H22O4/c1-6-8-14(5,11(15)16)10-13(3,4)12(17)18-9-7-2/h6-7H,1-2,8-10H2,3-5H3,(H,15,16). The summed E-state index contributed by atoms with van der Waals surface area (Å²) in [6.07, 6.45) is 3.53. The van der Waals surface area contributed by atoms with Gasteiger partial charge in [-0.2, -0.15) is 0 Å². The Kier molecular flexibility index (Phi) is 5.82. The second-order valence-corrected chi connectivity index (χ2v) is 5.31. The van der Waals surface area contributed by atoms with Gasteiger partial charge in [0.25, 0.3) is 0 Å². The van der Waals surface area contributed by atoms with Crippen LogP contribution in [0.2, 0.25) is 0 Å². The van der Waals surface area contributed by atoms with E-state index in [2.05, 4.69) is 13.2 Å². The molecular weight excluding hydrogens is 232 g/mol. The number of hydrogen-bond donors (Lipinski definition) is 1. The number of carbonyl (C=O) groups is 2. The predicted octanol–water partition coefficient (Wildman–Crippen LogP) is 2.80. The van der Waals surface area contributed by atoms with E-state index in [-0.39, 0.29) is 13.0 Å². The molecule has 0 rings (SSSR count). The first-order valence-corrected chi connectivity index (χ1v) is 5.82. The van der Waals surface area contributed by atoms with Crippen LogP contribution in [-0.4, -0.2) is 23.7 Å². The summed E-state index contributed by atoms with van der Waals surface area (Å²) in [5.74, 6) is -1.36. The molecule has 4 heteroatoms. The lowest BCUT2D eigenvalue weighted by atomic mass is 9.72. The first-order chi connectivity index (χ1) is 8.19. The fourth-order valence-corrected chi connectivity index (χ4v) is 1.93. The number of ether oxygens (including phenoxy) is 1. The summed E-state index contributed by atoms with van der Waals surface area (Å²) in [5.41, 5.74) is -1.88. The second-order valence-electron chi connectivity index (χ2n) is 5.31. The van der Waals surface area contributed by atoms with E-state index >= 15 is 0 Å². The fourth-order valence-electron chi connectivity index (χ4n) is 1.93. The fraction of sp³-hybridized carbons (Fsp3) is 0.571. The highest BCUT2D eigenvalue weighted by Gasteiger charge is 2.42. The highest BCUT2D eigenvalue weighted by atomic mass is 16.5. The maximum atomic E-state index is 11.8. The molecule has 0 aromatic carbocycles. The van der Waals surface area contributed by atoms with E-state index in [1.807, 2.05) is 0 Å². The van der Waals surface area contributed by atoms with E-state index in [0.29, 0.717) is 6.42 Å². The molecule has 0 saturated heterocycles. The SMILES string of the molecule is C=CCOC(=O)C(C)(C)CC(C)(CC=C)C(=O)O. The van der Waals surface area contributed by atoms with Gasteiger partial charge in [0.15, 0.2) is 0 Å². The molecule has 0 aliphatic heterocycles. The Labute approximate surface area is 108 Å². The van der Waals surface area contributed by atoms with Gasteiger partial charge in [-0.05, 0) is 33.6 Å². The van der Waals surface area contributed by atoms with Crippen LogP contribution in [0.25, 0.3) is 0 Å². The van der Waals surface area contributed by atoms with Crippen LogP contribution in [-0.2, 0) is 14.3 Å². The van der Waals surface area contributed by atoms with Gasteiger partial charge in [0.1, 0.15) is 6.61 Å². The molecule has 0 fully saturated rings. The van der Waals surface area contributed by atoms with Crippen LogP contribution in [0.3, 0.4) is 0 Å². The summed E-state index contributed by atoms with van der Waals surface area (Å²) >= 11 is 0. The Balaban J connectivity index is 4.90. The molecule has 18 heavy (non-hydrogen) atoms. The third kappa shape index (κ3) is 4.35. The summed E-state index contributed by atoms with van der Waals surface area (Å²) in [4.78, 5) is 23.1. The molecule has 0 heterocycles. The summed E-state index contributed by atoms with van der Waals surface area (Å²) in [5, 5.41) is 9.27. The third-order valence-electron chi connectivity index (χ3n) is 2.83. The van der Waals surface area contributed by atoms with E-state index in [9.17, 15) is 14.7 Å². The van der Waals surface area contributed by atoms with E-state index in [1.165, 1.54) is 6.08 Å². The average Bonchev–Trinajstić information content (AvgIpc) is 2.25. The first kappa shape index (κ1) is 16.4. The van der Waals surface area contributed by atoms with Crippen molar-refractivity contribution in [1.29, 1.82) is 0 Å². The van der Waals surface area contributed by atoms with Gasteiger partial charge in [0, 0.05) is 0 Å². The predicted molar refractivity (Wildman–Crippen MR) is 70.1 cm³/mol. The molecule has 102 valence electrons. The second kappa shape index (κ2) is 6.38. The van der Waals surface area contributed by atoms with Crippen molar-refractivity contribution in [3.8, 4) is 0 Å². The lowest BCUT2D eigenvalue weighted by molar-refractivity contribution is -0.158. The molecule has 0 aliphatic carbocycles. The van der Waals surface area contributed by atoms with Crippen LogP contribution >= 0.6 is 0 Å². The molecule has 0 aliphatic rings. The smallest absolute Gasteiger partial charge is 0.311 e. The Morgan fingerprint density at radius 3 is 2.17 bits per heavy atom. The largest absolute Gasteiger partial charge is 0.481 e. The van der Waals surface area contributed by atoms with Crippen molar-refractivity contribution >= 4 is 11.9 Å². The number of carboxylic acid groups (broad SMARTS) is 1. The number of aliphatic carboxylic acids is 1. The molecule has 0 spiro atoms. The molecule has 1 atom stereocenters. The number of hydrogen-bond acceptors (Lipinski definition) is 3. The van der Waals surface area contributed by atoms with Crippen LogP contribution in [0, 0.1) is 10.8 Å². The minimum absolute atomic E-state index is 0.132. The van der Waals surface area contributed by atoms with Gasteiger partial charge in [0.2, 0.25) is 0 Å². The molecule has 0 radical (unpaired) electrons. The molecular formula is C14H22O4. The zero-order chi connectivity index (χ0) is 14.4. The first-order valence-electron chi connectivity index (χ1n) is 5.82. The number of esters is 1. The molecule has 4 nitrogen and oxygen atoms in total. The minimum atomic E-state index is -1.02. The van der Waals surface area contributed by atoms with Crippen molar-refractivity contribution in [1.82, 2.24) is 0 Å². The maximum absolute atomic E-state index is 11.8. The van der Waals surface area contributed by atoms with Crippen LogP contribution < -0.4 is 0 Å². The molecule has 0 saturated carbocycles. The molecule has 0 aromatic rings. The van der Waals surface area contributed by atoms with Gasteiger partial charge in [0.05, 0.1) is 10.8 Å². The molecule has 1 N–H and O–H groups in total. The van der Waals surface area contributed by atoms with Crippen molar-refractivity contribution in [2.24, 2.45) is 10.8 Å². The van der Waals surface area contributed by atoms with E-state index in [1.54, 1.807) is 26.8 Å². The van der Waals surface area contributed by atoms with Gasteiger partial charge in [-0.3, -0.25) is 9.59 Å². The average molecular weight is 254 g/mol. The summed E-state index contributed by atoms with van der Waals surface area (Å²) in [7, 11) is 0. The molecule has 0 aromatic heterocycles. The van der Waals surface area contributed by atoms with Gasteiger partial charge in [-0.25, -0.2) is 0 Å². The van der Waals surface area contributed by atoms with Crippen molar-refractivity contribution < 1.29 is 19.4 Å². The van der Waals surface area contributed by atoms with E-state index < -0.39 is 22.8 Å². The van der Waals surface area contributed by atoms with Gasteiger partial charge >= 0.3 is 11.9 Å². The monoisotopic (exact) mass is 254 g/mol. The number of rotatable bonds is 8. The topological polar surface area (TPSA) is 63.6 Å². The minimum Gasteiger partial charge on any atom is -0.481 e. The summed E-state index contributed by atoms with van der Waals surface area (Å²) in [6.45, 7) is 12.1. The van der Waals surface area contributed by atoms with Gasteiger partial charge in [-0.1, -0.05) is 18.7 Å². The van der Waals surface area contributed by atoms with Crippen molar-refractivity contribution in [3.05, 3.63) is 25.3 Å². The van der Waals surface area contributed by atoms with Crippen LogP contribution in [0.1, 0.15) is 33.6 Å². The van der Waals surface area contributed by atoms with E-state index in [4.69, 9.17) is 4.74 Å². The molecule has 0 amide bonds. The van der Waals surface area contributed by atoms with Gasteiger partial charge in [-0.15, -0.1) is 6.58 Å². The Morgan fingerprint density at radius 1 is 1.22 bits per heavy atom. The normalized spacial score (nSPS) is 14.4. The molecule has 0 bridgehead atoms. The third-order valence-corrected chi connectivity index (χ3v) is 2.83. The van der Waals surface area contributed by atoms with Crippen molar-refractivity contribution in [2.45, 2.75) is 33.6 Å². The highest BCUT2D eigenvalue weighted by Crippen LogP contribution is 2.38. The van der Waals surface area contributed by atoms with Crippen LogP contribution in [0.15, 0.2) is 25.3 Å². The Hall–Kier alpha value is -1.58. The quantitative estimate of drug-likeness (QED) is 0.534. The number of carbonyl (C=O) groups excluding carboxylic acids is 1. The van der Waals surface area contributed by atoms with Crippen molar-refractivity contribution in [3.63, 3.8) is 0 Å². The summed E-state index contributed by atoms with van der Waals surface area (Å²) in [6, 6.07) is 0. The van der Waals surface area contributed by atoms with Crippen molar-refractivity contribution in [2.75, 3.05) is 6.61 Å². The highest BCUT2D eigenvalue weighted by molar-refractivity contribution is 5.79. The lowest BCUT2D eigenvalue weighted by Crippen LogP contribution is -2.37. The lowest BCUT2D eigenvalue weighted by Gasteiger charge is -2.32. The number of allylic oxidation sites excluding steroid dienone is 1. The summed E-state index contributed by atoms with van der Waals surface area (Å²) < 4.78 is 4.98. The zero-order valence-electron chi connectivity index (χ0n) is 11.4. The Bertz CT molecular complexity index is 344.